The molecular weight excluding hydrogens is 254 g/mol. The highest BCUT2D eigenvalue weighted by molar-refractivity contribution is 5.76. The first-order valence-corrected chi connectivity index (χ1v) is 6.53. The number of fused-ring (bicyclic) bond motifs is 2. The van der Waals surface area contributed by atoms with Crippen molar-refractivity contribution in [2.45, 2.75) is 6.92 Å². The highest BCUT2D eigenvalue weighted by Crippen LogP contribution is 2.34. The molecular formula is C15H13N3O2. The van der Waals surface area contributed by atoms with Gasteiger partial charge in [0.1, 0.15) is 19.0 Å². The van der Waals surface area contributed by atoms with Crippen LogP contribution in [0.5, 0.6) is 11.5 Å². The smallest absolute Gasteiger partial charge is 0.178 e. The monoisotopic (exact) mass is 267 g/mol. The molecule has 0 spiro atoms. The van der Waals surface area contributed by atoms with Gasteiger partial charge in [0.05, 0.1) is 5.52 Å². The molecule has 5 nitrogen and oxygen atoms in total. The Bertz CT molecular complexity index is 795. The number of ether oxygens (including phenoxy) is 2. The molecule has 0 atom stereocenters. The molecule has 4 rings (SSSR count). The fourth-order valence-corrected chi connectivity index (χ4v) is 2.31. The Morgan fingerprint density at radius 1 is 1.00 bits per heavy atom. The van der Waals surface area contributed by atoms with Crippen LogP contribution in [0.2, 0.25) is 0 Å². The number of pyridine rings is 1. The lowest BCUT2D eigenvalue weighted by Crippen LogP contribution is -2.15. The summed E-state index contributed by atoms with van der Waals surface area (Å²) in [6.45, 7) is 3.13. The molecule has 0 radical (unpaired) electrons. The van der Waals surface area contributed by atoms with Crippen LogP contribution in [0.4, 0.5) is 0 Å². The predicted octanol–water partition coefficient (Wildman–Crippen LogP) is 2.70. The van der Waals surface area contributed by atoms with Gasteiger partial charge in [-0.1, -0.05) is 0 Å². The van der Waals surface area contributed by atoms with E-state index in [1.165, 1.54) is 0 Å². The number of nitrogens with zero attached hydrogens (tertiary/aromatic N) is 2. The van der Waals surface area contributed by atoms with Gasteiger partial charge in [0.2, 0.25) is 0 Å². The standard InChI is InChI=1S/C15H13N3O2/c1-9-2-4-11-15(16-9)18-14(17-11)10-3-5-12-13(8-10)20-7-6-19-12/h2-5,8H,6-7H2,1H3,(H,16,17,18). The second-order valence-electron chi connectivity index (χ2n) is 4.77. The fourth-order valence-electron chi connectivity index (χ4n) is 2.31. The Morgan fingerprint density at radius 3 is 2.75 bits per heavy atom. The first kappa shape index (κ1) is 11.3. The summed E-state index contributed by atoms with van der Waals surface area (Å²) in [6.07, 6.45) is 0. The molecule has 0 amide bonds. The predicted molar refractivity (Wildman–Crippen MR) is 75.1 cm³/mol. The molecule has 1 N–H and O–H groups in total. The molecule has 1 aliphatic rings. The van der Waals surface area contributed by atoms with E-state index in [0.717, 1.165) is 39.7 Å². The van der Waals surface area contributed by atoms with Gasteiger partial charge in [0, 0.05) is 11.3 Å². The van der Waals surface area contributed by atoms with Crippen molar-refractivity contribution in [1.29, 1.82) is 0 Å². The molecule has 0 saturated carbocycles. The van der Waals surface area contributed by atoms with Gasteiger partial charge < -0.3 is 14.5 Å². The van der Waals surface area contributed by atoms with E-state index in [1.807, 2.05) is 37.3 Å². The van der Waals surface area contributed by atoms with Crippen molar-refractivity contribution in [3.63, 3.8) is 0 Å². The summed E-state index contributed by atoms with van der Waals surface area (Å²) >= 11 is 0. The first-order valence-electron chi connectivity index (χ1n) is 6.53. The van der Waals surface area contributed by atoms with Gasteiger partial charge in [-0.3, -0.25) is 0 Å². The van der Waals surface area contributed by atoms with Crippen molar-refractivity contribution in [3.05, 3.63) is 36.0 Å². The lowest BCUT2D eigenvalue weighted by molar-refractivity contribution is 0.171. The second kappa shape index (κ2) is 4.23. The molecule has 3 aromatic rings. The van der Waals surface area contributed by atoms with Gasteiger partial charge in [-0.15, -0.1) is 0 Å². The maximum Gasteiger partial charge on any atom is 0.178 e. The average Bonchev–Trinajstić information content (AvgIpc) is 2.89. The molecule has 100 valence electrons. The van der Waals surface area contributed by atoms with E-state index in [2.05, 4.69) is 15.0 Å². The topological polar surface area (TPSA) is 60.0 Å². The van der Waals surface area contributed by atoms with Crippen LogP contribution in [0.3, 0.4) is 0 Å². The zero-order valence-corrected chi connectivity index (χ0v) is 11.0. The first-order chi connectivity index (χ1) is 9.79. The Morgan fingerprint density at radius 2 is 1.85 bits per heavy atom. The van der Waals surface area contributed by atoms with Crippen LogP contribution in [0.1, 0.15) is 5.69 Å². The minimum Gasteiger partial charge on any atom is -0.486 e. The Balaban J connectivity index is 1.82. The number of aromatic nitrogens is 3. The van der Waals surface area contributed by atoms with Crippen molar-refractivity contribution in [1.82, 2.24) is 15.0 Å². The van der Waals surface area contributed by atoms with E-state index in [1.54, 1.807) is 0 Å². The quantitative estimate of drug-likeness (QED) is 0.736. The van der Waals surface area contributed by atoms with Gasteiger partial charge >= 0.3 is 0 Å². The SMILES string of the molecule is Cc1ccc2[nH]c(-c3ccc4c(c3)OCCO4)nc2n1. The largest absolute Gasteiger partial charge is 0.486 e. The summed E-state index contributed by atoms with van der Waals surface area (Å²) in [5, 5.41) is 0. The molecule has 2 aromatic heterocycles. The highest BCUT2D eigenvalue weighted by Gasteiger charge is 2.14. The van der Waals surface area contributed by atoms with Crippen LogP contribution in [-0.2, 0) is 0 Å². The maximum absolute atomic E-state index is 5.60. The number of hydrogen-bond donors (Lipinski definition) is 1. The average molecular weight is 267 g/mol. The van der Waals surface area contributed by atoms with E-state index < -0.39 is 0 Å². The Kier molecular flexibility index (Phi) is 2.39. The summed E-state index contributed by atoms with van der Waals surface area (Å²) in [5.74, 6) is 2.33. The molecule has 3 heterocycles. The molecule has 0 fully saturated rings. The number of imidazole rings is 1. The van der Waals surface area contributed by atoms with Crippen LogP contribution in [0.15, 0.2) is 30.3 Å². The van der Waals surface area contributed by atoms with E-state index in [-0.39, 0.29) is 0 Å². The summed E-state index contributed by atoms with van der Waals surface area (Å²) in [5.41, 5.74) is 3.58. The van der Waals surface area contributed by atoms with Gasteiger partial charge in [-0.25, -0.2) is 9.97 Å². The number of rotatable bonds is 1. The number of hydrogen-bond acceptors (Lipinski definition) is 4. The third kappa shape index (κ3) is 1.79. The number of nitrogens with one attached hydrogen (secondary N) is 1. The van der Waals surface area contributed by atoms with Gasteiger partial charge in [0.15, 0.2) is 17.1 Å². The van der Waals surface area contributed by atoms with E-state index >= 15 is 0 Å². The third-order valence-corrected chi connectivity index (χ3v) is 3.30. The van der Waals surface area contributed by atoms with Crippen LogP contribution in [0, 0.1) is 6.92 Å². The van der Waals surface area contributed by atoms with Crippen LogP contribution in [-0.4, -0.2) is 28.2 Å². The van der Waals surface area contributed by atoms with Gasteiger partial charge in [0.25, 0.3) is 0 Å². The van der Waals surface area contributed by atoms with Crippen LogP contribution in [0.25, 0.3) is 22.6 Å². The van der Waals surface area contributed by atoms with Gasteiger partial charge in [-0.05, 0) is 37.3 Å². The van der Waals surface area contributed by atoms with Crippen molar-refractivity contribution in [2.24, 2.45) is 0 Å². The lowest BCUT2D eigenvalue weighted by atomic mass is 10.2. The highest BCUT2D eigenvalue weighted by atomic mass is 16.6. The normalized spacial score (nSPS) is 13.7. The van der Waals surface area contributed by atoms with Crippen molar-refractivity contribution < 1.29 is 9.47 Å². The Hall–Kier alpha value is -2.56. The summed E-state index contributed by atoms with van der Waals surface area (Å²) in [4.78, 5) is 12.2. The number of benzene rings is 1. The number of aryl methyl sites for hydroxylation is 1. The molecule has 20 heavy (non-hydrogen) atoms. The fraction of sp³-hybridized carbons (Fsp3) is 0.200. The van der Waals surface area contributed by atoms with Crippen LogP contribution >= 0.6 is 0 Å². The zero-order valence-electron chi connectivity index (χ0n) is 11.0. The summed E-state index contributed by atoms with van der Waals surface area (Å²) in [6, 6.07) is 9.78. The third-order valence-electron chi connectivity index (χ3n) is 3.30. The molecule has 0 unspecified atom stereocenters. The molecule has 0 aliphatic carbocycles. The number of H-pyrrole nitrogens is 1. The summed E-state index contributed by atoms with van der Waals surface area (Å²) < 4.78 is 11.1. The summed E-state index contributed by atoms with van der Waals surface area (Å²) in [7, 11) is 0. The molecule has 1 aliphatic heterocycles. The molecule has 1 aromatic carbocycles. The minimum atomic E-state index is 0.581. The molecule has 0 saturated heterocycles. The second-order valence-corrected chi connectivity index (χ2v) is 4.77. The van der Waals surface area contributed by atoms with Crippen molar-refractivity contribution >= 4 is 11.2 Å². The van der Waals surface area contributed by atoms with E-state index in [0.29, 0.717) is 13.2 Å². The van der Waals surface area contributed by atoms with Gasteiger partial charge in [-0.2, -0.15) is 0 Å². The Labute approximate surface area is 115 Å². The van der Waals surface area contributed by atoms with Crippen molar-refractivity contribution in [3.8, 4) is 22.9 Å². The van der Waals surface area contributed by atoms with Crippen molar-refractivity contribution in [2.75, 3.05) is 13.2 Å². The molecule has 5 heteroatoms. The lowest BCUT2D eigenvalue weighted by Gasteiger charge is -2.18. The molecule has 0 bridgehead atoms. The number of aromatic amines is 1. The maximum atomic E-state index is 5.60. The van der Waals surface area contributed by atoms with Crippen LogP contribution < -0.4 is 9.47 Å². The zero-order chi connectivity index (χ0) is 13.5. The van der Waals surface area contributed by atoms with E-state index in [9.17, 15) is 0 Å². The van der Waals surface area contributed by atoms with E-state index in [4.69, 9.17) is 9.47 Å². The minimum absolute atomic E-state index is 0.581.